The molecule has 0 aromatic heterocycles. The minimum Gasteiger partial charge on any atom is -0.479 e. The van der Waals surface area contributed by atoms with Gasteiger partial charge in [-0.25, -0.2) is 4.79 Å². The highest BCUT2D eigenvalue weighted by molar-refractivity contribution is 5.78. The van der Waals surface area contributed by atoms with Gasteiger partial charge in [0.1, 0.15) is 0 Å². The number of nitrogens with zero attached hydrogens (tertiary/aromatic N) is 2. The molecule has 1 aliphatic rings. The topological polar surface area (TPSA) is 62.0 Å². The first-order valence-corrected chi connectivity index (χ1v) is 3.20. The molecule has 56 valence electrons. The van der Waals surface area contributed by atoms with Crippen molar-refractivity contribution in [3.63, 3.8) is 0 Å². The fraction of sp³-hybridized carbons (Fsp3) is 0.833. The van der Waals surface area contributed by atoms with Crippen LogP contribution < -0.4 is 0 Å². The van der Waals surface area contributed by atoms with Crippen LogP contribution in [0, 0.1) is 0 Å². The lowest BCUT2D eigenvalue weighted by Gasteiger charge is -2.11. The van der Waals surface area contributed by atoms with Crippen LogP contribution in [-0.2, 0) is 4.79 Å². The van der Waals surface area contributed by atoms with Gasteiger partial charge in [-0.2, -0.15) is 10.2 Å². The van der Waals surface area contributed by atoms with E-state index in [-0.39, 0.29) is 6.04 Å². The first-order valence-electron chi connectivity index (χ1n) is 3.20. The van der Waals surface area contributed by atoms with Crippen LogP contribution in [0.25, 0.3) is 0 Å². The van der Waals surface area contributed by atoms with Crippen molar-refractivity contribution in [2.45, 2.75) is 31.8 Å². The Balaban J connectivity index is 2.75. The van der Waals surface area contributed by atoms with Crippen LogP contribution in [0.15, 0.2) is 10.2 Å². The molecule has 1 rings (SSSR count). The highest BCUT2D eigenvalue weighted by Gasteiger charge is 2.38. The number of carboxylic acid groups (broad SMARTS) is 1. The van der Waals surface area contributed by atoms with Gasteiger partial charge in [-0.1, -0.05) is 0 Å². The monoisotopic (exact) mass is 142 g/mol. The molecule has 1 heterocycles. The number of rotatable bonds is 1. The van der Waals surface area contributed by atoms with E-state index in [0.717, 1.165) is 0 Å². The van der Waals surface area contributed by atoms with Gasteiger partial charge >= 0.3 is 5.97 Å². The molecule has 4 heteroatoms. The third-order valence-corrected chi connectivity index (χ3v) is 1.63. The van der Waals surface area contributed by atoms with E-state index in [1.807, 2.05) is 6.92 Å². The number of carbonyl (C=O) groups is 1. The second-order valence-electron chi connectivity index (χ2n) is 2.85. The maximum absolute atomic E-state index is 10.5. The molecular weight excluding hydrogens is 132 g/mol. The zero-order valence-electron chi connectivity index (χ0n) is 6.03. The number of aliphatic carboxylic acids is 1. The van der Waals surface area contributed by atoms with Gasteiger partial charge < -0.3 is 5.11 Å². The number of azo groups is 1. The van der Waals surface area contributed by atoms with Gasteiger partial charge in [-0.05, 0) is 13.8 Å². The van der Waals surface area contributed by atoms with E-state index >= 15 is 0 Å². The second kappa shape index (κ2) is 2.04. The molecule has 0 fully saturated rings. The molecule has 0 aromatic rings. The Bertz CT molecular complexity index is 190. The lowest BCUT2D eigenvalue weighted by Crippen LogP contribution is -2.31. The summed E-state index contributed by atoms with van der Waals surface area (Å²) in [6.45, 7) is 3.44. The van der Waals surface area contributed by atoms with E-state index < -0.39 is 11.5 Å². The molecule has 0 aliphatic carbocycles. The summed E-state index contributed by atoms with van der Waals surface area (Å²) in [6.07, 6.45) is 0.516. The molecule has 2 atom stereocenters. The molecule has 0 aromatic carbocycles. The van der Waals surface area contributed by atoms with Gasteiger partial charge in [-0.15, -0.1) is 0 Å². The van der Waals surface area contributed by atoms with E-state index in [4.69, 9.17) is 5.11 Å². The predicted octanol–water partition coefficient (Wildman–Crippen LogP) is 1.07. The van der Waals surface area contributed by atoms with E-state index in [1.54, 1.807) is 6.92 Å². The molecule has 1 N–H and O–H groups in total. The summed E-state index contributed by atoms with van der Waals surface area (Å²) in [5.74, 6) is -0.888. The number of hydrogen-bond acceptors (Lipinski definition) is 3. The van der Waals surface area contributed by atoms with Crippen molar-refractivity contribution in [2.75, 3.05) is 0 Å². The van der Waals surface area contributed by atoms with Gasteiger partial charge in [0.05, 0.1) is 6.04 Å². The third kappa shape index (κ3) is 1.01. The summed E-state index contributed by atoms with van der Waals surface area (Å²) < 4.78 is 0. The van der Waals surface area contributed by atoms with Crippen LogP contribution in [0.1, 0.15) is 20.3 Å². The minimum absolute atomic E-state index is 0.0566. The molecular formula is C6H10N2O2. The quantitative estimate of drug-likeness (QED) is 0.595. The first kappa shape index (κ1) is 7.18. The summed E-state index contributed by atoms with van der Waals surface area (Å²) in [5.41, 5.74) is -0.959. The fourth-order valence-electron chi connectivity index (χ4n) is 1.01. The Morgan fingerprint density at radius 1 is 1.80 bits per heavy atom. The molecule has 0 amide bonds. The lowest BCUT2D eigenvalue weighted by atomic mass is 9.97. The Hall–Kier alpha value is -0.930. The Labute approximate surface area is 59.0 Å². The van der Waals surface area contributed by atoms with Crippen LogP contribution in [0.3, 0.4) is 0 Å². The van der Waals surface area contributed by atoms with Crippen LogP contribution in [0.2, 0.25) is 0 Å². The number of carboxylic acids is 1. The summed E-state index contributed by atoms with van der Waals surface area (Å²) in [5, 5.41) is 16.1. The molecule has 10 heavy (non-hydrogen) atoms. The zero-order chi connectivity index (χ0) is 7.78. The molecule has 1 aliphatic heterocycles. The first-order chi connectivity index (χ1) is 4.54. The van der Waals surface area contributed by atoms with E-state index in [1.165, 1.54) is 0 Å². The van der Waals surface area contributed by atoms with Gasteiger partial charge in [0.2, 0.25) is 0 Å². The molecule has 4 nitrogen and oxygen atoms in total. The molecule has 0 saturated heterocycles. The van der Waals surface area contributed by atoms with Crippen molar-refractivity contribution in [3.8, 4) is 0 Å². The summed E-state index contributed by atoms with van der Waals surface area (Å²) in [6, 6.07) is 0.0566. The Morgan fingerprint density at radius 2 is 2.40 bits per heavy atom. The fourth-order valence-corrected chi connectivity index (χ4v) is 1.01. The van der Waals surface area contributed by atoms with Crippen LogP contribution in [0.5, 0.6) is 0 Å². The molecule has 0 spiro atoms. The van der Waals surface area contributed by atoms with Gasteiger partial charge in [-0.3, -0.25) is 0 Å². The molecule has 0 bridgehead atoms. The van der Waals surface area contributed by atoms with Crippen LogP contribution >= 0.6 is 0 Å². The standard InChI is InChI=1S/C6H10N2O2/c1-4-3-6(2,5(9)10)8-7-4/h4H,3H2,1-2H3,(H,9,10). The van der Waals surface area contributed by atoms with Gasteiger partial charge in [0.25, 0.3) is 0 Å². The molecule has 0 radical (unpaired) electrons. The summed E-state index contributed by atoms with van der Waals surface area (Å²) in [7, 11) is 0. The van der Waals surface area contributed by atoms with Crippen molar-refractivity contribution >= 4 is 5.97 Å². The average molecular weight is 142 g/mol. The largest absolute Gasteiger partial charge is 0.479 e. The highest BCUT2D eigenvalue weighted by Crippen LogP contribution is 2.26. The Morgan fingerprint density at radius 3 is 2.60 bits per heavy atom. The van der Waals surface area contributed by atoms with Gasteiger partial charge in [0.15, 0.2) is 5.54 Å². The third-order valence-electron chi connectivity index (χ3n) is 1.63. The van der Waals surface area contributed by atoms with Crippen molar-refractivity contribution in [1.29, 1.82) is 0 Å². The summed E-state index contributed by atoms with van der Waals surface area (Å²) in [4.78, 5) is 10.5. The SMILES string of the molecule is CC1CC(C)(C(=O)O)N=N1. The molecule has 2 unspecified atom stereocenters. The van der Waals surface area contributed by atoms with Crippen molar-refractivity contribution in [1.82, 2.24) is 0 Å². The normalized spacial score (nSPS) is 38.4. The van der Waals surface area contributed by atoms with E-state index in [2.05, 4.69) is 10.2 Å². The maximum atomic E-state index is 10.5. The zero-order valence-corrected chi connectivity index (χ0v) is 6.03. The highest BCUT2D eigenvalue weighted by atomic mass is 16.4. The Kier molecular flexibility index (Phi) is 1.46. The lowest BCUT2D eigenvalue weighted by molar-refractivity contribution is -0.142. The van der Waals surface area contributed by atoms with Crippen LogP contribution in [0.4, 0.5) is 0 Å². The number of hydrogen-bond donors (Lipinski definition) is 1. The van der Waals surface area contributed by atoms with Crippen LogP contribution in [-0.4, -0.2) is 22.7 Å². The van der Waals surface area contributed by atoms with E-state index in [9.17, 15) is 4.79 Å². The van der Waals surface area contributed by atoms with Crippen molar-refractivity contribution < 1.29 is 9.90 Å². The average Bonchev–Trinajstić information content (AvgIpc) is 2.13. The van der Waals surface area contributed by atoms with Gasteiger partial charge in [0, 0.05) is 6.42 Å². The molecule has 0 saturated carbocycles. The van der Waals surface area contributed by atoms with E-state index in [0.29, 0.717) is 6.42 Å². The van der Waals surface area contributed by atoms with Crippen molar-refractivity contribution in [3.05, 3.63) is 0 Å². The minimum atomic E-state index is -0.959. The summed E-state index contributed by atoms with van der Waals surface area (Å²) >= 11 is 0. The predicted molar refractivity (Wildman–Crippen MR) is 35.0 cm³/mol. The second-order valence-corrected chi connectivity index (χ2v) is 2.85. The van der Waals surface area contributed by atoms with Crippen molar-refractivity contribution in [2.24, 2.45) is 10.2 Å². The maximum Gasteiger partial charge on any atom is 0.333 e. The smallest absolute Gasteiger partial charge is 0.333 e.